The highest BCUT2D eigenvalue weighted by atomic mass is 15.1. The maximum absolute atomic E-state index is 4.00. The van der Waals surface area contributed by atoms with Crippen molar-refractivity contribution in [3.63, 3.8) is 0 Å². The number of para-hydroxylation sites is 1. The number of nitrogens with zero attached hydrogens (tertiary/aromatic N) is 1. The Morgan fingerprint density at radius 3 is 1.91 bits per heavy atom. The number of hydrogen-bond acceptors (Lipinski definition) is 1. The molecule has 2 aliphatic rings. The molecule has 0 atom stereocenters. The van der Waals surface area contributed by atoms with Gasteiger partial charge in [0.25, 0.3) is 0 Å². The van der Waals surface area contributed by atoms with E-state index in [2.05, 4.69) is 155 Å². The van der Waals surface area contributed by atoms with Crippen LogP contribution in [-0.4, -0.2) is 0 Å². The summed E-state index contributed by atoms with van der Waals surface area (Å²) in [5, 5.41) is 0. The fraction of sp³-hybridized carbons (Fsp3) is 0.143. The molecule has 0 radical (unpaired) electrons. The number of benzene rings is 5. The van der Waals surface area contributed by atoms with Crippen molar-refractivity contribution in [2.45, 2.75) is 38.5 Å². The van der Waals surface area contributed by atoms with E-state index in [1.165, 1.54) is 50.2 Å². The van der Waals surface area contributed by atoms with E-state index >= 15 is 0 Å². The van der Waals surface area contributed by atoms with Crippen molar-refractivity contribution in [1.82, 2.24) is 0 Å². The molecule has 0 aromatic heterocycles. The SMILES string of the molecule is C=C/C=C(\C=C)c1ccc(N(c2ccccc2)c2cccc3c2-c2cc4c(cc2C3(C)C)-c2ccccc2C4(C)C)cc1. The molecule has 0 aliphatic heterocycles. The lowest BCUT2D eigenvalue weighted by molar-refractivity contribution is 0.652. The van der Waals surface area contributed by atoms with Crippen molar-refractivity contribution in [2.75, 3.05) is 4.90 Å². The molecule has 0 saturated heterocycles. The van der Waals surface area contributed by atoms with Gasteiger partial charge in [-0.1, -0.05) is 126 Å². The van der Waals surface area contributed by atoms with Gasteiger partial charge in [0.1, 0.15) is 0 Å². The summed E-state index contributed by atoms with van der Waals surface area (Å²) < 4.78 is 0. The van der Waals surface area contributed by atoms with E-state index in [-0.39, 0.29) is 10.8 Å². The normalized spacial score (nSPS) is 15.2. The molecular weight excluding hydrogens is 518 g/mol. The topological polar surface area (TPSA) is 3.24 Å². The van der Waals surface area contributed by atoms with Crippen molar-refractivity contribution in [3.8, 4) is 22.3 Å². The summed E-state index contributed by atoms with van der Waals surface area (Å²) in [6, 6.07) is 40.3. The summed E-state index contributed by atoms with van der Waals surface area (Å²) in [5.74, 6) is 0. The molecule has 0 saturated carbocycles. The van der Waals surface area contributed by atoms with Crippen molar-refractivity contribution in [2.24, 2.45) is 0 Å². The molecule has 2 aliphatic carbocycles. The minimum absolute atomic E-state index is 0.0560. The Morgan fingerprint density at radius 1 is 0.581 bits per heavy atom. The highest BCUT2D eigenvalue weighted by Crippen LogP contribution is 2.58. The van der Waals surface area contributed by atoms with Gasteiger partial charge >= 0.3 is 0 Å². The van der Waals surface area contributed by atoms with Crippen molar-refractivity contribution in [1.29, 1.82) is 0 Å². The molecule has 1 nitrogen and oxygen atoms in total. The minimum Gasteiger partial charge on any atom is -0.310 e. The number of fused-ring (bicyclic) bond motifs is 6. The molecule has 1 heteroatoms. The maximum atomic E-state index is 4.00. The summed E-state index contributed by atoms with van der Waals surface area (Å²) in [5.41, 5.74) is 16.4. The first-order valence-corrected chi connectivity index (χ1v) is 15.1. The molecule has 210 valence electrons. The van der Waals surface area contributed by atoms with Gasteiger partial charge in [0.05, 0.1) is 5.69 Å². The van der Waals surface area contributed by atoms with Gasteiger partial charge < -0.3 is 4.90 Å². The van der Waals surface area contributed by atoms with E-state index in [4.69, 9.17) is 0 Å². The van der Waals surface area contributed by atoms with Gasteiger partial charge in [-0.25, -0.2) is 0 Å². The standard InChI is InChI=1S/C42H37N/c1-7-15-28(8-2)29-22-24-31(25-23-29)43(30-16-10-9-11-17-30)39-21-14-20-36-40(39)34-27-37-33(26-38(34)42(36,5)6)32-18-12-13-19-35(32)41(37,3)4/h7-27H,1-2H2,3-6H3/b28-15+. The maximum Gasteiger partial charge on any atom is 0.0543 e. The molecule has 0 heterocycles. The Hall–Kier alpha value is -4.88. The first-order chi connectivity index (χ1) is 20.8. The molecule has 5 aromatic rings. The van der Waals surface area contributed by atoms with E-state index < -0.39 is 0 Å². The van der Waals surface area contributed by atoms with Crippen LogP contribution in [-0.2, 0) is 10.8 Å². The quantitative estimate of drug-likeness (QED) is 0.188. The lowest BCUT2D eigenvalue weighted by atomic mass is 9.79. The Morgan fingerprint density at radius 2 is 1.19 bits per heavy atom. The summed E-state index contributed by atoms with van der Waals surface area (Å²) >= 11 is 0. The van der Waals surface area contributed by atoms with E-state index in [1.54, 1.807) is 0 Å². The zero-order valence-corrected chi connectivity index (χ0v) is 25.5. The minimum atomic E-state index is -0.127. The van der Waals surface area contributed by atoms with Crippen LogP contribution in [0.3, 0.4) is 0 Å². The predicted molar refractivity (Wildman–Crippen MR) is 185 cm³/mol. The summed E-state index contributed by atoms with van der Waals surface area (Å²) in [6.07, 6.45) is 5.69. The van der Waals surface area contributed by atoms with Crippen LogP contribution in [0.2, 0.25) is 0 Å². The molecule has 43 heavy (non-hydrogen) atoms. The van der Waals surface area contributed by atoms with Crippen molar-refractivity contribution >= 4 is 22.6 Å². The molecular formula is C42H37N. The summed E-state index contributed by atoms with van der Waals surface area (Å²) in [4.78, 5) is 2.41. The second kappa shape index (κ2) is 9.85. The van der Waals surface area contributed by atoms with Gasteiger partial charge in [-0.2, -0.15) is 0 Å². The van der Waals surface area contributed by atoms with Gasteiger partial charge in [-0.05, 0) is 92.5 Å². The molecule has 0 bridgehead atoms. The molecule has 7 rings (SSSR count). The highest BCUT2D eigenvalue weighted by Gasteiger charge is 2.42. The van der Waals surface area contributed by atoms with Gasteiger partial charge in [-0.15, -0.1) is 0 Å². The summed E-state index contributed by atoms with van der Waals surface area (Å²) in [7, 11) is 0. The molecule has 5 aromatic carbocycles. The van der Waals surface area contributed by atoms with Crippen LogP contribution in [0, 0.1) is 0 Å². The Balaban J connectivity index is 1.46. The third kappa shape index (κ3) is 3.99. The zero-order chi connectivity index (χ0) is 29.9. The Labute approximate surface area is 256 Å². The largest absolute Gasteiger partial charge is 0.310 e. The van der Waals surface area contributed by atoms with E-state index in [0.29, 0.717) is 0 Å². The average Bonchev–Trinajstić information content (AvgIpc) is 3.40. The van der Waals surface area contributed by atoms with Crippen LogP contribution in [0.5, 0.6) is 0 Å². The highest BCUT2D eigenvalue weighted by molar-refractivity contribution is 5.97. The van der Waals surface area contributed by atoms with Crippen LogP contribution in [0.4, 0.5) is 17.1 Å². The average molecular weight is 556 g/mol. The van der Waals surface area contributed by atoms with E-state index in [9.17, 15) is 0 Å². The third-order valence-electron chi connectivity index (χ3n) is 9.61. The Kier molecular flexibility index (Phi) is 6.18. The van der Waals surface area contributed by atoms with Crippen LogP contribution in [0.1, 0.15) is 55.5 Å². The number of allylic oxidation sites excluding steroid dienone is 4. The zero-order valence-electron chi connectivity index (χ0n) is 25.5. The van der Waals surface area contributed by atoms with Crippen molar-refractivity contribution < 1.29 is 0 Å². The van der Waals surface area contributed by atoms with Gasteiger partial charge in [-0.3, -0.25) is 0 Å². The van der Waals surface area contributed by atoms with Gasteiger partial charge in [0.2, 0.25) is 0 Å². The molecule has 0 unspecified atom stereocenters. The lowest BCUT2D eigenvalue weighted by Crippen LogP contribution is -2.17. The molecule has 0 N–H and O–H groups in total. The molecule has 0 spiro atoms. The smallest absolute Gasteiger partial charge is 0.0543 e. The third-order valence-corrected chi connectivity index (χ3v) is 9.61. The van der Waals surface area contributed by atoms with Crippen LogP contribution in [0.25, 0.3) is 27.8 Å². The predicted octanol–water partition coefficient (Wildman–Crippen LogP) is 11.5. The molecule has 0 amide bonds. The Bertz CT molecular complexity index is 1930. The van der Waals surface area contributed by atoms with Gasteiger partial charge in [0, 0.05) is 27.8 Å². The lowest BCUT2D eigenvalue weighted by Gasteiger charge is -2.29. The molecule has 0 fully saturated rings. The van der Waals surface area contributed by atoms with Crippen LogP contribution in [0.15, 0.2) is 141 Å². The number of anilines is 3. The van der Waals surface area contributed by atoms with Crippen molar-refractivity contribution in [3.05, 3.63) is 168 Å². The summed E-state index contributed by atoms with van der Waals surface area (Å²) in [6.45, 7) is 17.4. The van der Waals surface area contributed by atoms with Gasteiger partial charge in [0.15, 0.2) is 0 Å². The number of rotatable bonds is 6. The first-order valence-electron chi connectivity index (χ1n) is 15.1. The second-order valence-corrected chi connectivity index (χ2v) is 12.7. The first kappa shape index (κ1) is 27.0. The van der Waals surface area contributed by atoms with Crippen LogP contribution < -0.4 is 4.90 Å². The fourth-order valence-corrected chi connectivity index (χ4v) is 7.36. The monoisotopic (exact) mass is 555 g/mol. The number of hydrogen-bond donors (Lipinski definition) is 0. The van der Waals surface area contributed by atoms with E-state index in [0.717, 1.165) is 22.5 Å². The fourth-order valence-electron chi connectivity index (χ4n) is 7.36. The van der Waals surface area contributed by atoms with E-state index in [1.807, 2.05) is 18.2 Å². The van der Waals surface area contributed by atoms with Crippen LogP contribution >= 0.6 is 0 Å². The second-order valence-electron chi connectivity index (χ2n) is 12.7.